The number of hydrogen-bond donors (Lipinski definition) is 1. The van der Waals surface area contributed by atoms with Crippen LogP contribution in [0.15, 0.2) is 36.1 Å². The van der Waals surface area contributed by atoms with Gasteiger partial charge in [-0.2, -0.15) is 0 Å². The fourth-order valence-electron chi connectivity index (χ4n) is 0.746. The molecule has 0 aromatic rings. The molecule has 11 heavy (non-hydrogen) atoms. The molecule has 58 valence electrons. The Morgan fingerprint density at radius 3 is 3.00 bits per heavy atom. The average molecular weight is 152 g/mol. The van der Waals surface area contributed by atoms with Gasteiger partial charge in [0.2, 0.25) is 0 Å². The molecule has 0 unspecified atom stereocenters. The second-order valence-corrected chi connectivity index (χ2v) is 2.02. The van der Waals surface area contributed by atoms with Crippen LogP contribution in [-0.2, 0) is 4.74 Å². The van der Waals surface area contributed by atoms with Crippen LogP contribution in [-0.4, -0.2) is 11.3 Å². The summed E-state index contributed by atoms with van der Waals surface area (Å²) in [5.74, 6) is 0.447. The van der Waals surface area contributed by atoms with E-state index in [9.17, 15) is 4.79 Å². The van der Waals surface area contributed by atoms with E-state index in [1.165, 1.54) is 0 Å². The molecule has 0 amide bonds. The quantitative estimate of drug-likeness (QED) is 0.585. The first-order chi connectivity index (χ1) is 5.29. The van der Waals surface area contributed by atoms with Crippen molar-refractivity contribution in [2.45, 2.75) is 6.42 Å². The van der Waals surface area contributed by atoms with Crippen LogP contribution < -0.4 is 0 Å². The highest BCUT2D eigenvalue weighted by Crippen LogP contribution is 2.08. The predicted octanol–water partition coefficient (Wildman–Crippen LogP) is 2.08. The molecule has 0 spiro atoms. The number of ether oxygens (including phenoxy) is 1. The van der Waals surface area contributed by atoms with Crippen molar-refractivity contribution in [3.63, 3.8) is 0 Å². The molecule has 0 aromatic heterocycles. The van der Waals surface area contributed by atoms with Crippen molar-refractivity contribution in [2.24, 2.45) is 0 Å². The molecule has 0 aliphatic heterocycles. The summed E-state index contributed by atoms with van der Waals surface area (Å²) in [5, 5.41) is 8.25. The van der Waals surface area contributed by atoms with Gasteiger partial charge in [0.15, 0.2) is 0 Å². The lowest BCUT2D eigenvalue weighted by Crippen LogP contribution is -1.98. The molecular weight excluding hydrogens is 144 g/mol. The molecule has 1 aliphatic carbocycles. The molecule has 1 N–H and O–H groups in total. The molecule has 0 heterocycles. The third-order valence-corrected chi connectivity index (χ3v) is 1.18. The molecule has 0 aromatic carbocycles. The fraction of sp³-hybridized carbons (Fsp3) is 0.125. The first-order valence-electron chi connectivity index (χ1n) is 3.22. The molecule has 3 nitrogen and oxygen atoms in total. The SMILES string of the molecule is O=C(O)OC1=CC=CC=CC1. The molecule has 1 rings (SSSR count). The maximum Gasteiger partial charge on any atom is 0.511 e. The number of carbonyl (C=O) groups is 1. The number of rotatable bonds is 1. The molecule has 0 fully saturated rings. The molecule has 0 saturated carbocycles. The minimum atomic E-state index is -1.26. The molecule has 1 aliphatic rings. The summed E-state index contributed by atoms with van der Waals surface area (Å²) in [6.07, 6.45) is 8.13. The Balaban J connectivity index is 2.57. The standard InChI is InChI=1S/C8H8O3/c9-8(10)11-7-5-3-1-2-4-6-7/h1-5H,6H2,(H,9,10). The Bertz CT molecular complexity index is 236. The third-order valence-electron chi connectivity index (χ3n) is 1.18. The van der Waals surface area contributed by atoms with E-state index in [0.29, 0.717) is 12.2 Å². The van der Waals surface area contributed by atoms with Gasteiger partial charge < -0.3 is 9.84 Å². The molecule has 0 radical (unpaired) electrons. The average Bonchev–Trinajstić information content (AvgIpc) is 2.14. The van der Waals surface area contributed by atoms with Gasteiger partial charge >= 0.3 is 6.16 Å². The maximum atomic E-state index is 10.1. The van der Waals surface area contributed by atoms with Gasteiger partial charge in [-0.15, -0.1) is 0 Å². The van der Waals surface area contributed by atoms with Crippen LogP contribution in [0, 0.1) is 0 Å². The van der Waals surface area contributed by atoms with E-state index in [1.54, 1.807) is 12.2 Å². The van der Waals surface area contributed by atoms with Gasteiger partial charge in [-0.3, -0.25) is 0 Å². The minimum absolute atomic E-state index is 0.447. The number of allylic oxidation sites excluding steroid dienone is 5. The fourth-order valence-corrected chi connectivity index (χ4v) is 0.746. The summed E-state index contributed by atoms with van der Waals surface area (Å²) in [4.78, 5) is 10.1. The zero-order valence-corrected chi connectivity index (χ0v) is 5.86. The lowest BCUT2D eigenvalue weighted by molar-refractivity contribution is 0.117. The predicted molar refractivity (Wildman–Crippen MR) is 40.1 cm³/mol. The van der Waals surface area contributed by atoms with E-state index in [1.807, 2.05) is 18.2 Å². The summed E-state index contributed by atoms with van der Waals surface area (Å²) in [7, 11) is 0. The molecule has 0 saturated heterocycles. The first-order valence-corrected chi connectivity index (χ1v) is 3.22. The molecular formula is C8H8O3. The highest BCUT2D eigenvalue weighted by Gasteiger charge is 2.01. The van der Waals surface area contributed by atoms with E-state index in [-0.39, 0.29) is 0 Å². The van der Waals surface area contributed by atoms with Gasteiger partial charge in [-0.05, 0) is 6.08 Å². The van der Waals surface area contributed by atoms with Gasteiger partial charge in [0, 0.05) is 6.42 Å². The largest absolute Gasteiger partial charge is 0.511 e. The monoisotopic (exact) mass is 152 g/mol. The van der Waals surface area contributed by atoms with Crippen LogP contribution in [0.25, 0.3) is 0 Å². The Labute approximate surface area is 64.3 Å². The Hall–Kier alpha value is -1.51. The van der Waals surface area contributed by atoms with Crippen molar-refractivity contribution in [1.82, 2.24) is 0 Å². The summed E-state index contributed by atoms with van der Waals surface area (Å²) in [6.45, 7) is 0. The van der Waals surface area contributed by atoms with Crippen molar-refractivity contribution >= 4 is 6.16 Å². The number of carboxylic acid groups (broad SMARTS) is 1. The highest BCUT2D eigenvalue weighted by atomic mass is 16.7. The molecule has 0 bridgehead atoms. The van der Waals surface area contributed by atoms with Gasteiger partial charge in [0.05, 0.1) is 0 Å². The van der Waals surface area contributed by atoms with E-state index in [4.69, 9.17) is 5.11 Å². The van der Waals surface area contributed by atoms with Crippen molar-refractivity contribution in [2.75, 3.05) is 0 Å². The van der Waals surface area contributed by atoms with Crippen molar-refractivity contribution in [3.05, 3.63) is 36.1 Å². The summed E-state index contributed by atoms with van der Waals surface area (Å²) >= 11 is 0. The Kier molecular flexibility index (Phi) is 2.49. The third kappa shape index (κ3) is 2.71. The van der Waals surface area contributed by atoms with Crippen LogP contribution >= 0.6 is 0 Å². The van der Waals surface area contributed by atoms with Gasteiger partial charge in [0.25, 0.3) is 0 Å². The Morgan fingerprint density at radius 1 is 1.45 bits per heavy atom. The summed E-state index contributed by atoms with van der Waals surface area (Å²) < 4.78 is 4.45. The zero-order chi connectivity index (χ0) is 8.10. The zero-order valence-electron chi connectivity index (χ0n) is 5.86. The van der Waals surface area contributed by atoms with E-state index < -0.39 is 6.16 Å². The molecule has 0 atom stereocenters. The second-order valence-electron chi connectivity index (χ2n) is 2.02. The topological polar surface area (TPSA) is 46.5 Å². The van der Waals surface area contributed by atoms with E-state index in [2.05, 4.69) is 4.74 Å². The normalized spacial score (nSPS) is 15.5. The highest BCUT2D eigenvalue weighted by molar-refractivity contribution is 5.58. The van der Waals surface area contributed by atoms with Gasteiger partial charge in [-0.25, -0.2) is 4.79 Å². The number of hydrogen-bond acceptors (Lipinski definition) is 2. The van der Waals surface area contributed by atoms with Crippen LogP contribution in [0.2, 0.25) is 0 Å². The van der Waals surface area contributed by atoms with Crippen molar-refractivity contribution in [3.8, 4) is 0 Å². The first kappa shape index (κ1) is 7.60. The van der Waals surface area contributed by atoms with Gasteiger partial charge in [-0.1, -0.05) is 24.3 Å². The van der Waals surface area contributed by atoms with Gasteiger partial charge in [0.1, 0.15) is 5.76 Å². The lowest BCUT2D eigenvalue weighted by atomic mass is 10.3. The maximum absolute atomic E-state index is 10.1. The molecule has 3 heteroatoms. The second kappa shape index (κ2) is 3.61. The Morgan fingerprint density at radius 2 is 2.27 bits per heavy atom. The van der Waals surface area contributed by atoms with E-state index in [0.717, 1.165) is 0 Å². The lowest BCUT2D eigenvalue weighted by Gasteiger charge is -1.99. The minimum Gasteiger partial charge on any atom is -0.449 e. The van der Waals surface area contributed by atoms with Crippen LogP contribution in [0.5, 0.6) is 0 Å². The van der Waals surface area contributed by atoms with Crippen LogP contribution in [0.4, 0.5) is 4.79 Å². The smallest absolute Gasteiger partial charge is 0.449 e. The summed E-state index contributed by atoms with van der Waals surface area (Å²) in [5.41, 5.74) is 0. The van der Waals surface area contributed by atoms with Crippen molar-refractivity contribution < 1.29 is 14.6 Å². The van der Waals surface area contributed by atoms with Crippen LogP contribution in [0.3, 0.4) is 0 Å². The van der Waals surface area contributed by atoms with Crippen molar-refractivity contribution in [1.29, 1.82) is 0 Å². The summed E-state index contributed by atoms with van der Waals surface area (Å²) in [6, 6.07) is 0. The van der Waals surface area contributed by atoms with Crippen LogP contribution in [0.1, 0.15) is 6.42 Å². The van der Waals surface area contributed by atoms with E-state index >= 15 is 0 Å².